The Bertz CT molecular complexity index is 574. The molecular weight excluding hydrogens is 400 g/mol. The van der Waals surface area contributed by atoms with Gasteiger partial charge in [0.1, 0.15) is 7.28 Å². The van der Waals surface area contributed by atoms with Gasteiger partial charge in [-0.1, -0.05) is 108 Å². The first kappa shape index (κ1) is 25.7. The van der Waals surface area contributed by atoms with E-state index in [0.717, 1.165) is 11.7 Å². The van der Waals surface area contributed by atoms with Gasteiger partial charge in [0.2, 0.25) is 7.28 Å². The molecule has 0 aromatic carbocycles. The Morgan fingerprint density at radius 2 is 1.12 bits per heavy atom. The quantitative estimate of drug-likeness (QED) is 0.416. The summed E-state index contributed by atoms with van der Waals surface area (Å²) in [6.45, 7) is 2.27. The Hall–Kier alpha value is -0.400. The molecule has 5 aliphatic rings. The maximum atomic E-state index is 13.1. The highest BCUT2D eigenvalue weighted by molar-refractivity contribution is 6.74. The van der Waals surface area contributed by atoms with E-state index in [4.69, 9.17) is 0 Å². The maximum Gasteiger partial charge on any atom is 0.236 e. The SMILES string of the molecule is C[B]C1CCCCC(C23CCC(NC(=O)[B]C4CCCCCCCCC4)(CC2)CC3)CCC1. The van der Waals surface area contributed by atoms with Crippen LogP contribution in [0.2, 0.25) is 18.5 Å². The van der Waals surface area contributed by atoms with Gasteiger partial charge in [-0.05, 0) is 62.7 Å². The van der Waals surface area contributed by atoms with Gasteiger partial charge in [-0.15, -0.1) is 0 Å². The fourth-order valence-electron chi connectivity index (χ4n) is 8.20. The number of amides is 1. The van der Waals surface area contributed by atoms with Crippen LogP contribution < -0.4 is 5.32 Å². The van der Waals surface area contributed by atoms with Gasteiger partial charge < -0.3 is 5.32 Å². The number of hydrogen-bond donors (Lipinski definition) is 1. The van der Waals surface area contributed by atoms with Crippen LogP contribution in [0, 0.1) is 11.3 Å². The minimum atomic E-state index is 0.117. The molecule has 0 saturated heterocycles. The molecule has 0 heterocycles. The zero-order valence-corrected chi connectivity index (χ0v) is 21.9. The summed E-state index contributed by atoms with van der Waals surface area (Å²) >= 11 is 0. The van der Waals surface area contributed by atoms with Crippen LogP contribution in [0.5, 0.6) is 0 Å². The van der Waals surface area contributed by atoms with Crippen molar-refractivity contribution >= 4 is 20.4 Å². The molecule has 1 N–H and O–H groups in total. The molecule has 1 amide bonds. The van der Waals surface area contributed by atoms with Crippen molar-refractivity contribution in [1.29, 1.82) is 0 Å². The molecule has 4 heteroatoms. The van der Waals surface area contributed by atoms with E-state index in [2.05, 4.69) is 26.7 Å². The Balaban J connectivity index is 1.27. The lowest BCUT2D eigenvalue weighted by Gasteiger charge is -2.57. The molecule has 2 atom stereocenters. The van der Waals surface area contributed by atoms with Gasteiger partial charge in [-0.2, -0.15) is 0 Å². The van der Waals surface area contributed by atoms with Crippen LogP contribution in [0.25, 0.3) is 0 Å². The Morgan fingerprint density at radius 1 is 0.636 bits per heavy atom. The lowest BCUT2D eigenvalue weighted by atomic mass is 9.51. The average molecular weight is 451 g/mol. The van der Waals surface area contributed by atoms with E-state index in [1.165, 1.54) is 141 Å². The van der Waals surface area contributed by atoms with Crippen LogP contribution in [-0.4, -0.2) is 25.9 Å². The van der Waals surface area contributed by atoms with Crippen molar-refractivity contribution < 1.29 is 4.79 Å². The zero-order chi connectivity index (χ0) is 23.0. The van der Waals surface area contributed by atoms with Crippen molar-refractivity contribution in [2.75, 3.05) is 0 Å². The van der Waals surface area contributed by atoms with Gasteiger partial charge in [0, 0.05) is 5.54 Å². The molecule has 0 spiro atoms. The smallest absolute Gasteiger partial charge is 0.236 e. The van der Waals surface area contributed by atoms with Gasteiger partial charge in [0.05, 0.1) is 0 Å². The number of hydrogen-bond acceptors (Lipinski definition) is 1. The van der Waals surface area contributed by atoms with Gasteiger partial charge in [0.25, 0.3) is 0 Å². The Labute approximate surface area is 207 Å². The lowest BCUT2D eigenvalue weighted by molar-refractivity contribution is -0.0229. The summed E-state index contributed by atoms with van der Waals surface area (Å²) in [5.74, 6) is 2.57. The Kier molecular flexibility index (Phi) is 9.75. The van der Waals surface area contributed by atoms with Crippen molar-refractivity contribution in [2.45, 2.75) is 165 Å². The third-order valence-electron chi connectivity index (χ3n) is 10.6. The van der Waals surface area contributed by atoms with Crippen LogP contribution in [0.1, 0.15) is 141 Å². The summed E-state index contributed by atoms with van der Waals surface area (Å²) in [5, 5.41) is 3.60. The molecule has 5 fully saturated rings. The van der Waals surface area contributed by atoms with Crippen LogP contribution in [0.3, 0.4) is 0 Å². The first-order chi connectivity index (χ1) is 16.1. The molecule has 2 radical (unpaired) electrons. The monoisotopic (exact) mass is 451 g/mol. The van der Waals surface area contributed by atoms with Gasteiger partial charge >= 0.3 is 0 Å². The lowest BCUT2D eigenvalue weighted by Crippen LogP contribution is -2.58. The second-order valence-electron chi connectivity index (χ2n) is 12.6. The topological polar surface area (TPSA) is 29.1 Å². The van der Waals surface area contributed by atoms with E-state index < -0.39 is 0 Å². The van der Waals surface area contributed by atoms with E-state index in [1.807, 2.05) is 0 Å². The standard InChI is InChI=1S/C29H51B2NO/c1-30-25-14-10-9-12-24(13-11-17-25)28-18-21-29(22-19-28,23-20-28)32-27(33)31-26-15-7-5-3-2-4-6-8-16-26/h24-26H,2-23H2,1H3,(H,32,33). The van der Waals surface area contributed by atoms with E-state index >= 15 is 0 Å². The highest BCUT2D eigenvalue weighted by Gasteiger charge is 2.51. The minimum absolute atomic E-state index is 0.117. The second kappa shape index (κ2) is 12.5. The highest BCUT2D eigenvalue weighted by atomic mass is 16.1. The first-order valence-electron chi connectivity index (χ1n) is 15.1. The summed E-state index contributed by atoms with van der Waals surface area (Å²) in [6, 6.07) is 0. The fourth-order valence-corrected chi connectivity index (χ4v) is 8.20. The Morgan fingerprint density at radius 3 is 1.76 bits per heavy atom. The second-order valence-corrected chi connectivity index (χ2v) is 12.6. The molecule has 5 aliphatic carbocycles. The third kappa shape index (κ3) is 7.07. The summed E-state index contributed by atoms with van der Waals surface area (Å²) in [4.78, 5) is 13.1. The molecular formula is C29H51B2NO. The molecule has 33 heavy (non-hydrogen) atoms. The number of nitrogens with one attached hydrogen (secondary N) is 1. The average Bonchev–Trinajstić information content (AvgIpc) is 2.96. The van der Waals surface area contributed by atoms with Crippen molar-refractivity contribution in [3.8, 4) is 0 Å². The summed E-state index contributed by atoms with van der Waals surface area (Å²) in [7, 11) is 4.57. The molecule has 2 nitrogen and oxygen atoms in total. The summed E-state index contributed by atoms with van der Waals surface area (Å²) in [6.07, 6.45) is 29.8. The number of carbonyl (C=O) groups excluding carboxylic acids is 1. The van der Waals surface area contributed by atoms with E-state index in [9.17, 15) is 4.79 Å². The van der Waals surface area contributed by atoms with E-state index in [-0.39, 0.29) is 11.3 Å². The van der Waals surface area contributed by atoms with Crippen LogP contribution in [0.4, 0.5) is 4.79 Å². The van der Waals surface area contributed by atoms with E-state index in [0.29, 0.717) is 11.2 Å². The largest absolute Gasteiger partial charge is 0.360 e. The number of carbonyl (C=O) groups is 1. The van der Waals surface area contributed by atoms with Gasteiger partial charge in [0.15, 0.2) is 5.81 Å². The number of rotatable bonds is 5. The third-order valence-corrected chi connectivity index (χ3v) is 10.6. The molecule has 2 bridgehead atoms. The van der Waals surface area contributed by atoms with Gasteiger partial charge in [-0.3, -0.25) is 4.79 Å². The van der Waals surface area contributed by atoms with Crippen molar-refractivity contribution in [1.82, 2.24) is 5.32 Å². The minimum Gasteiger partial charge on any atom is -0.360 e. The first-order valence-corrected chi connectivity index (χ1v) is 15.1. The van der Waals surface area contributed by atoms with Gasteiger partial charge in [-0.25, -0.2) is 0 Å². The van der Waals surface area contributed by atoms with Crippen molar-refractivity contribution in [3.63, 3.8) is 0 Å². The maximum absolute atomic E-state index is 13.1. The van der Waals surface area contributed by atoms with Crippen molar-refractivity contribution in [2.24, 2.45) is 11.3 Å². The molecule has 184 valence electrons. The summed E-state index contributed by atoms with van der Waals surface area (Å²) in [5.41, 5.74) is 0.717. The fraction of sp³-hybridized carbons (Fsp3) is 0.966. The molecule has 0 aromatic heterocycles. The normalized spacial score (nSPS) is 37.2. The van der Waals surface area contributed by atoms with Crippen LogP contribution >= 0.6 is 0 Å². The highest BCUT2D eigenvalue weighted by Crippen LogP contribution is 2.58. The van der Waals surface area contributed by atoms with E-state index in [1.54, 1.807) is 0 Å². The zero-order valence-electron chi connectivity index (χ0n) is 21.9. The van der Waals surface area contributed by atoms with Crippen LogP contribution in [-0.2, 0) is 0 Å². The molecule has 0 aromatic rings. The predicted octanol–water partition coefficient (Wildman–Crippen LogP) is 8.71. The summed E-state index contributed by atoms with van der Waals surface area (Å²) < 4.78 is 0. The number of fused-ring (bicyclic) bond motifs is 3. The molecule has 0 aliphatic heterocycles. The molecule has 2 unspecified atom stereocenters. The van der Waals surface area contributed by atoms with Crippen molar-refractivity contribution in [3.05, 3.63) is 0 Å². The molecule has 5 rings (SSSR count). The predicted molar refractivity (Wildman–Crippen MR) is 144 cm³/mol. The molecule has 5 saturated carbocycles. The van der Waals surface area contributed by atoms with Crippen LogP contribution in [0.15, 0.2) is 0 Å².